The fraction of sp³-hybridized carbons (Fsp3) is 0.341. The highest BCUT2D eigenvalue weighted by Gasteiger charge is 2.44. The molecule has 0 saturated carbocycles. The van der Waals surface area contributed by atoms with E-state index in [1.165, 1.54) is 0 Å². The first-order chi connectivity index (χ1) is 25.1. The predicted molar refractivity (Wildman–Crippen MR) is 211 cm³/mol. The minimum atomic E-state index is -0.654. The van der Waals surface area contributed by atoms with Gasteiger partial charge in [-0.15, -0.1) is 0 Å². The molecule has 12 heteroatoms. The molecule has 0 bridgehead atoms. The molecule has 0 saturated heterocycles. The molecule has 1 atom stereocenters. The highest BCUT2D eigenvalue weighted by atomic mass is 35.5. The lowest BCUT2D eigenvalue weighted by molar-refractivity contribution is 0.0928. The summed E-state index contributed by atoms with van der Waals surface area (Å²) in [6, 6.07) is 15.6. The zero-order chi connectivity index (χ0) is 38.1. The smallest absolute Gasteiger partial charge is 0.275 e. The molecule has 0 spiro atoms. The summed E-state index contributed by atoms with van der Waals surface area (Å²) in [5.41, 5.74) is 13.9. The molecule has 3 aromatic carbocycles. The summed E-state index contributed by atoms with van der Waals surface area (Å²) in [6.07, 6.45) is 1.82. The number of primary amides is 1. The first kappa shape index (κ1) is 36.4. The molecule has 7 rings (SSSR count). The predicted octanol–water partition coefficient (Wildman–Crippen LogP) is 8.14. The number of aromatic nitrogens is 4. The van der Waals surface area contributed by atoms with Gasteiger partial charge in [-0.25, -0.2) is 0 Å². The van der Waals surface area contributed by atoms with Crippen molar-refractivity contribution in [2.45, 2.75) is 59.4 Å². The number of anilines is 1. The number of rotatable bonds is 10. The van der Waals surface area contributed by atoms with E-state index in [1.807, 2.05) is 86.8 Å². The van der Waals surface area contributed by atoms with Gasteiger partial charge in [0, 0.05) is 47.0 Å². The van der Waals surface area contributed by atoms with E-state index in [-0.39, 0.29) is 5.91 Å². The lowest BCUT2D eigenvalue weighted by Gasteiger charge is -2.43. The molecule has 4 heterocycles. The van der Waals surface area contributed by atoms with Crippen molar-refractivity contribution in [3.8, 4) is 11.5 Å². The number of hydrogen-bond donors (Lipinski definition) is 1. The lowest BCUT2D eigenvalue weighted by atomic mass is 9.90. The van der Waals surface area contributed by atoms with Gasteiger partial charge in [0.15, 0.2) is 0 Å². The number of carbonyl (C=O) groups excluding carboxylic acids is 2. The van der Waals surface area contributed by atoms with Gasteiger partial charge in [-0.2, -0.15) is 5.10 Å². The second kappa shape index (κ2) is 13.5. The number of nitrogens with zero attached hydrogens (tertiary/aromatic N) is 5. The van der Waals surface area contributed by atoms with Crippen LogP contribution in [0.1, 0.15) is 68.0 Å². The fourth-order valence-electron chi connectivity index (χ4n) is 8.44. The topological polar surface area (TPSA) is 110 Å². The zero-order valence-corrected chi connectivity index (χ0v) is 32.9. The van der Waals surface area contributed by atoms with Crippen LogP contribution in [0.15, 0.2) is 48.5 Å². The van der Waals surface area contributed by atoms with Crippen molar-refractivity contribution < 1.29 is 19.1 Å². The third-order valence-corrected chi connectivity index (χ3v) is 11.5. The van der Waals surface area contributed by atoms with Crippen molar-refractivity contribution in [1.29, 1.82) is 0 Å². The van der Waals surface area contributed by atoms with Crippen molar-refractivity contribution in [3.63, 3.8) is 0 Å². The Bertz CT molecular complexity index is 2450. The summed E-state index contributed by atoms with van der Waals surface area (Å²) in [5, 5.41) is 7.68. The van der Waals surface area contributed by atoms with E-state index in [0.29, 0.717) is 71.3 Å². The van der Waals surface area contributed by atoms with Crippen LogP contribution in [0.5, 0.6) is 11.5 Å². The van der Waals surface area contributed by atoms with Gasteiger partial charge in [0.25, 0.3) is 11.8 Å². The maximum absolute atomic E-state index is 15.3. The van der Waals surface area contributed by atoms with Gasteiger partial charge in [0.1, 0.15) is 22.9 Å². The maximum atomic E-state index is 15.3. The van der Waals surface area contributed by atoms with E-state index in [2.05, 4.69) is 22.7 Å². The summed E-state index contributed by atoms with van der Waals surface area (Å²) in [6.45, 7) is 10.7. The molecular formula is C41H44Cl2N6O4. The molecule has 0 radical (unpaired) electrons. The van der Waals surface area contributed by atoms with Crippen LogP contribution >= 0.6 is 23.2 Å². The Hall–Kier alpha value is -4.93. The van der Waals surface area contributed by atoms with E-state index >= 15 is 4.79 Å². The van der Waals surface area contributed by atoms with Crippen molar-refractivity contribution >= 4 is 62.5 Å². The second-order valence-corrected chi connectivity index (χ2v) is 15.3. The summed E-state index contributed by atoms with van der Waals surface area (Å²) >= 11 is 13.1. The Labute approximate surface area is 319 Å². The molecule has 1 aliphatic heterocycles. The molecule has 2 amide bonds. The average molecular weight is 756 g/mol. The van der Waals surface area contributed by atoms with E-state index in [1.54, 1.807) is 18.7 Å². The number of halogens is 2. The summed E-state index contributed by atoms with van der Waals surface area (Å²) in [7, 11) is 5.35. The lowest BCUT2D eigenvalue weighted by Crippen LogP contribution is -2.54. The minimum Gasteiger partial charge on any atom is -0.496 e. The normalized spacial score (nSPS) is 15.8. The van der Waals surface area contributed by atoms with Crippen LogP contribution in [0.2, 0.25) is 10.0 Å². The summed E-state index contributed by atoms with van der Waals surface area (Å²) in [5.74, 6) is 0.651. The number of fused-ring (bicyclic) bond motifs is 4. The summed E-state index contributed by atoms with van der Waals surface area (Å²) < 4.78 is 17.9. The molecule has 0 aliphatic carbocycles. The van der Waals surface area contributed by atoms with Crippen LogP contribution in [0, 0.1) is 27.7 Å². The first-order valence-electron chi connectivity index (χ1n) is 17.6. The molecule has 276 valence electrons. The van der Waals surface area contributed by atoms with Gasteiger partial charge >= 0.3 is 0 Å². The van der Waals surface area contributed by atoms with Gasteiger partial charge in [0.05, 0.1) is 48.2 Å². The Balaban J connectivity index is 1.40. The number of ether oxygens (including phenoxy) is 2. The first-order valence-corrected chi connectivity index (χ1v) is 18.4. The SMILES string of the molecule is COc1ccc(N2C[C@](C)(Cc3cc(C)nn3C)n3c(c(CCCOc4cc(C)c(Cl)c(C)c4)c4ccc(Cl)cc43)C2=O)c2c1c(C)c(C(N)=O)n2C. The van der Waals surface area contributed by atoms with Crippen LogP contribution in [-0.2, 0) is 32.5 Å². The Kier molecular flexibility index (Phi) is 9.27. The minimum absolute atomic E-state index is 0.151. The standard InChI is InChI=1S/C41H44Cl2N6O4/c1-22-16-28(17-23(2)35(22)43)53-15-9-10-30-29-12-11-26(42)19-32(29)49-37(30)40(51)48(21-41(49,5)20-27-18-24(3)45-47(27)7)31-13-14-33(52-8)34-25(4)36(39(44)50)46(6)38(31)34/h11-14,16-19H,9-10,15,20-21H2,1-8H3,(H2,44,50)/t41-/m0/s1. The van der Waals surface area contributed by atoms with E-state index in [9.17, 15) is 4.79 Å². The number of benzene rings is 3. The fourth-order valence-corrected chi connectivity index (χ4v) is 8.71. The van der Waals surface area contributed by atoms with E-state index in [0.717, 1.165) is 55.1 Å². The highest BCUT2D eigenvalue weighted by molar-refractivity contribution is 6.32. The Morgan fingerprint density at radius 2 is 1.74 bits per heavy atom. The number of nitrogens with two attached hydrogens (primary N) is 1. The van der Waals surface area contributed by atoms with Crippen LogP contribution in [-0.4, -0.2) is 51.0 Å². The third-order valence-electron chi connectivity index (χ3n) is 10.7. The number of aryl methyl sites for hydroxylation is 7. The molecule has 6 aromatic rings. The van der Waals surface area contributed by atoms with E-state index < -0.39 is 11.4 Å². The Morgan fingerprint density at radius 3 is 2.38 bits per heavy atom. The van der Waals surface area contributed by atoms with Crippen LogP contribution in [0.25, 0.3) is 21.8 Å². The van der Waals surface area contributed by atoms with Crippen LogP contribution in [0.3, 0.4) is 0 Å². The van der Waals surface area contributed by atoms with Gasteiger partial charge in [-0.05, 0) is 112 Å². The number of carbonyl (C=O) groups is 2. The zero-order valence-electron chi connectivity index (χ0n) is 31.4. The molecule has 2 N–H and O–H groups in total. The monoisotopic (exact) mass is 754 g/mol. The summed E-state index contributed by atoms with van der Waals surface area (Å²) in [4.78, 5) is 29.9. The van der Waals surface area contributed by atoms with Crippen molar-refractivity contribution in [2.24, 2.45) is 19.8 Å². The molecular weight excluding hydrogens is 711 g/mol. The number of methoxy groups -OCH3 is 1. The maximum Gasteiger partial charge on any atom is 0.275 e. The number of amides is 2. The molecule has 0 fully saturated rings. The molecule has 1 aliphatic rings. The van der Waals surface area contributed by atoms with Gasteiger partial charge in [0.2, 0.25) is 0 Å². The molecule has 0 unspecified atom stereocenters. The van der Waals surface area contributed by atoms with Gasteiger partial charge < -0.3 is 29.2 Å². The average Bonchev–Trinajstić information content (AvgIpc) is 3.70. The largest absolute Gasteiger partial charge is 0.496 e. The van der Waals surface area contributed by atoms with E-state index in [4.69, 9.17) is 38.4 Å². The highest BCUT2D eigenvalue weighted by Crippen LogP contribution is 2.45. The molecule has 10 nitrogen and oxygen atoms in total. The van der Waals surface area contributed by atoms with Crippen LogP contribution < -0.4 is 20.1 Å². The Morgan fingerprint density at radius 1 is 1.02 bits per heavy atom. The van der Waals surface area contributed by atoms with Gasteiger partial charge in [-0.1, -0.05) is 29.3 Å². The quantitative estimate of drug-likeness (QED) is 0.142. The molecule has 3 aromatic heterocycles. The van der Waals surface area contributed by atoms with Crippen molar-refractivity contribution in [1.82, 2.24) is 18.9 Å². The number of hydrogen-bond acceptors (Lipinski definition) is 5. The van der Waals surface area contributed by atoms with Gasteiger partial charge in [-0.3, -0.25) is 14.3 Å². The van der Waals surface area contributed by atoms with Crippen LogP contribution in [0.4, 0.5) is 5.69 Å². The second-order valence-electron chi connectivity index (χ2n) is 14.5. The van der Waals surface area contributed by atoms with Crippen molar-refractivity contribution in [3.05, 3.63) is 104 Å². The molecule has 53 heavy (non-hydrogen) atoms. The third kappa shape index (κ3) is 6.02. The van der Waals surface area contributed by atoms with Crippen molar-refractivity contribution in [2.75, 3.05) is 25.2 Å².